The monoisotopic (exact) mass is 528 g/mol. The van der Waals surface area contributed by atoms with Gasteiger partial charge < -0.3 is 14.5 Å². The van der Waals surface area contributed by atoms with Crippen molar-refractivity contribution in [1.29, 1.82) is 0 Å². The van der Waals surface area contributed by atoms with Gasteiger partial charge in [-0.2, -0.15) is 0 Å². The highest BCUT2D eigenvalue weighted by Crippen LogP contribution is 2.34. The molecule has 2 aromatic carbocycles. The predicted octanol–water partition coefficient (Wildman–Crippen LogP) is 6.15. The fraction of sp³-hybridized carbons (Fsp3) is 0.357. The number of halogens is 2. The smallest absolute Gasteiger partial charge is 0.257 e. The van der Waals surface area contributed by atoms with Gasteiger partial charge >= 0.3 is 0 Å². The van der Waals surface area contributed by atoms with Crippen LogP contribution in [0.2, 0.25) is 5.02 Å². The molecule has 0 radical (unpaired) electrons. The third kappa shape index (κ3) is 5.90. The van der Waals surface area contributed by atoms with E-state index in [9.17, 15) is 14.0 Å². The van der Waals surface area contributed by atoms with Crippen molar-refractivity contribution in [2.75, 3.05) is 26.2 Å². The van der Waals surface area contributed by atoms with Crippen LogP contribution in [0.1, 0.15) is 46.3 Å². The first-order chi connectivity index (χ1) is 17.2. The van der Waals surface area contributed by atoms with Crippen molar-refractivity contribution in [3.05, 3.63) is 86.3 Å². The molecular formula is C28H30ClFN2O3S. The van der Waals surface area contributed by atoms with Crippen molar-refractivity contribution < 1.29 is 18.7 Å². The van der Waals surface area contributed by atoms with E-state index in [0.29, 0.717) is 23.9 Å². The van der Waals surface area contributed by atoms with Gasteiger partial charge in [-0.25, -0.2) is 4.39 Å². The highest BCUT2D eigenvalue weighted by molar-refractivity contribution is 7.10. The van der Waals surface area contributed by atoms with Crippen LogP contribution in [0.25, 0.3) is 0 Å². The Bertz CT molecular complexity index is 1250. The van der Waals surface area contributed by atoms with E-state index in [4.69, 9.17) is 16.3 Å². The molecule has 1 aromatic heterocycles. The minimum Gasteiger partial charge on any atom is -0.491 e. The maximum Gasteiger partial charge on any atom is 0.257 e. The van der Waals surface area contributed by atoms with Crippen LogP contribution in [0.4, 0.5) is 4.39 Å². The Morgan fingerprint density at radius 2 is 2.00 bits per heavy atom. The molecule has 0 fully saturated rings. The van der Waals surface area contributed by atoms with Crippen molar-refractivity contribution in [3.63, 3.8) is 0 Å². The topological polar surface area (TPSA) is 49.9 Å². The second kappa shape index (κ2) is 11.4. The molecule has 0 unspecified atom stereocenters. The molecule has 1 atom stereocenters. The Morgan fingerprint density at radius 1 is 1.22 bits per heavy atom. The van der Waals surface area contributed by atoms with Crippen molar-refractivity contribution in [2.45, 2.75) is 33.2 Å². The number of hydrogen-bond acceptors (Lipinski definition) is 4. The number of amides is 2. The van der Waals surface area contributed by atoms with Gasteiger partial charge in [0.2, 0.25) is 5.91 Å². The molecule has 3 aromatic rings. The minimum atomic E-state index is -0.589. The molecular weight excluding hydrogens is 499 g/mol. The summed E-state index contributed by atoms with van der Waals surface area (Å²) in [7, 11) is 0. The molecule has 1 aliphatic rings. The van der Waals surface area contributed by atoms with Gasteiger partial charge in [0.15, 0.2) is 0 Å². The highest BCUT2D eigenvalue weighted by atomic mass is 35.5. The molecule has 0 aliphatic carbocycles. The summed E-state index contributed by atoms with van der Waals surface area (Å²) in [6.45, 7) is 6.89. The third-order valence-corrected chi connectivity index (χ3v) is 7.68. The quantitative estimate of drug-likeness (QED) is 0.352. The normalized spacial score (nSPS) is 15.1. The van der Waals surface area contributed by atoms with E-state index >= 15 is 0 Å². The number of carbonyl (C=O) groups is 2. The van der Waals surface area contributed by atoms with Gasteiger partial charge in [-0.05, 0) is 72.2 Å². The molecule has 4 rings (SSSR count). The molecule has 0 N–H and O–H groups in total. The first kappa shape index (κ1) is 26.2. The number of nitrogens with zero attached hydrogens (tertiary/aromatic N) is 2. The van der Waals surface area contributed by atoms with Gasteiger partial charge in [0, 0.05) is 23.0 Å². The zero-order valence-electron chi connectivity index (χ0n) is 20.7. The summed E-state index contributed by atoms with van der Waals surface area (Å²) < 4.78 is 20.5. The lowest BCUT2D eigenvalue weighted by atomic mass is 10.00. The standard InChI is InChI=1S/C28H30ClFN2O3S/c1-18(2)15-31(28(34)21-6-4-5-7-24(21)30)16-27(33)32-12-10-26-22(11-13-36-26)25(32)17-35-20-8-9-23(29)19(3)14-20/h4-9,11,13-14,18,25H,10,12,15-17H2,1-3H3/t25-/m1/s1. The van der Waals surface area contributed by atoms with Crippen LogP contribution in [0.3, 0.4) is 0 Å². The van der Waals surface area contributed by atoms with Gasteiger partial charge in [0.05, 0.1) is 11.6 Å². The van der Waals surface area contributed by atoms with Crippen LogP contribution in [0.15, 0.2) is 53.9 Å². The van der Waals surface area contributed by atoms with E-state index in [1.54, 1.807) is 34.4 Å². The SMILES string of the molecule is Cc1cc(OC[C@@H]2c3ccsc3CCN2C(=O)CN(CC(C)C)C(=O)c2ccccc2F)ccc1Cl. The van der Waals surface area contributed by atoms with Crippen molar-refractivity contribution in [3.8, 4) is 5.75 Å². The fourth-order valence-corrected chi connectivity index (χ4v) is 5.52. The van der Waals surface area contributed by atoms with Crippen molar-refractivity contribution in [2.24, 2.45) is 5.92 Å². The average Bonchev–Trinajstić information content (AvgIpc) is 3.33. The van der Waals surface area contributed by atoms with Crippen LogP contribution < -0.4 is 4.74 Å². The summed E-state index contributed by atoms with van der Waals surface area (Å²) in [5.74, 6) is -0.450. The van der Waals surface area contributed by atoms with Crippen molar-refractivity contribution >= 4 is 34.8 Å². The van der Waals surface area contributed by atoms with E-state index in [-0.39, 0.29) is 36.6 Å². The largest absolute Gasteiger partial charge is 0.491 e. The Kier molecular flexibility index (Phi) is 8.32. The second-order valence-electron chi connectivity index (χ2n) is 9.43. The fourth-order valence-electron chi connectivity index (χ4n) is 4.48. The summed E-state index contributed by atoms with van der Waals surface area (Å²) in [4.78, 5) is 31.3. The number of hydrogen-bond donors (Lipinski definition) is 0. The first-order valence-electron chi connectivity index (χ1n) is 12.0. The molecule has 0 spiro atoms. The lowest BCUT2D eigenvalue weighted by Crippen LogP contribution is -2.48. The summed E-state index contributed by atoms with van der Waals surface area (Å²) in [5, 5.41) is 2.70. The number of carbonyl (C=O) groups excluding carboxylic acids is 2. The van der Waals surface area contributed by atoms with Crippen LogP contribution in [0, 0.1) is 18.7 Å². The Morgan fingerprint density at radius 3 is 2.72 bits per heavy atom. The number of ether oxygens (including phenoxy) is 1. The first-order valence-corrected chi connectivity index (χ1v) is 13.3. The lowest BCUT2D eigenvalue weighted by Gasteiger charge is -2.37. The second-order valence-corrected chi connectivity index (χ2v) is 10.8. The summed E-state index contributed by atoms with van der Waals surface area (Å²) in [6, 6.07) is 13.1. The molecule has 8 heteroatoms. The number of thiophene rings is 1. The molecule has 1 aliphatic heterocycles. The minimum absolute atomic E-state index is 0.0253. The number of benzene rings is 2. The number of aryl methyl sites for hydroxylation is 1. The van der Waals surface area contributed by atoms with E-state index in [2.05, 4.69) is 0 Å². The average molecular weight is 529 g/mol. The van der Waals surface area contributed by atoms with Crippen LogP contribution >= 0.6 is 22.9 Å². The summed E-state index contributed by atoms with van der Waals surface area (Å²) in [5.41, 5.74) is 1.96. The zero-order valence-corrected chi connectivity index (χ0v) is 22.2. The van der Waals surface area contributed by atoms with Gasteiger partial charge in [-0.3, -0.25) is 9.59 Å². The molecule has 190 valence electrons. The van der Waals surface area contributed by atoms with Gasteiger partial charge in [-0.1, -0.05) is 37.6 Å². The molecule has 0 bridgehead atoms. The molecule has 0 saturated carbocycles. The summed E-state index contributed by atoms with van der Waals surface area (Å²) in [6.07, 6.45) is 0.751. The summed E-state index contributed by atoms with van der Waals surface area (Å²) >= 11 is 7.83. The molecule has 5 nitrogen and oxygen atoms in total. The molecule has 2 amide bonds. The Balaban J connectivity index is 1.55. The van der Waals surface area contributed by atoms with Crippen LogP contribution in [-0.2, 0) is 11.2 Å². The maximum atomic E-state index is 14.4. The van der Waals surface area contributed by atoms with Gasteiger partial charge in [0.1, 0.15) is 24.7 Å². The van der Waals surface area contributed by atoms with Crippen LogP contribution in [-0.4, -0.2) is 47.9 Å². The Labute approximate surface area is 220 Å². The van der Waals surface area contributed by atoms with E-state index in [1.165, 1.54) is 21.9 Å². The molecule has 36 heavy (non-hydrogen) atoms. The van der Waals surface area contributed by atoms with Gasteiger partial charge in [0.25, 0.3) is 5.91 Å². The van der Waals surface area contributed by atoms with E-state index in [1.807, 2.05) is 44.4 Å². The third-order valence-electron chi connectivity index (χ3n) is 6.26. The Hall–Kier alpha value is -2.90. The molecule has 2 heterocycles. The lowest BCUT2D eigenvalue weighted by molar-refractivity contribution is -0.135. The van der Waals surface area contributed by atoms with E-state index < -0.39 is 11.7 Å². The van der Waals surface area contributed by atoms with Crippen LogP contribution in [0.5, 0.6) is 5.75 Å². The van der Waals surface area contributed by atoms with E-state index in [0.717, 1.165) is 17.5 Å². The van der Waals surface area contributed by atoms with Gasteiger partial charge in [-0.15, -0.1) is 11.3 Å². The zero-order chi connectivity index (χ0) is 25.8. The predicted molar refractivity (Wildman–Crippen MR) is 141 cm³/mol. The molecule has 0 saturated heterocycles. The highest BCUT2D eigenvalue weighted by Gasteiger charge is 2.34. The maximum absolute atomic E-state index is 14.4. The number of fused-ring (bicyclic) bond motifs is 1. The van der Waals surface area contributed by atoms with Crippen molar-refractivity contribution in [1.82, 2.24) is 9.80 Å². The number of rotatable bonds is 8.